The van der Waals surface area contributed by atoms with E-state index in [1.165, 1.54) is 37.0 Å². The second kappa shape index (κ2) is 14.5. The maximum Gasteiger partial charge on any atom is 0.243 e. The molecule has 0 aromatic carbocycles. The first kappa shape index (κ1) is 23.2. The number of nitrogens with zero attached hydrogens (tertiary/aromatic N) is 2. The minimum atomic E-state index is -0.0228. The maximum atomic E-state index is 11.6. The van der Waals surface area contributed by atoms with Gasteiger partial charge in [-0.15, -0.1) is 30.6 Å². The van der Waals surface area contributed by atoms with E-state index in [-0.39, 0.29) is 36.4 Å². The largest absolute Gasteiger partial charge is 0.378 e. The topological polar surface area (TPSA) is 66.0 Å². The van der Waals surface area contributed by atoms with Gasteiger partial charge in [0.2, 0.25) is 5.91 Å². The van der Waals surface area contributed by atoms with Crippen molar-refractivity contribution in [3.05, 3.63) is 12.7 Å². The highest BCUT2D eigenvalue weighted by atomic mass is 127. The van der Waals surface area contributed by atoms with Gasteiger partial charge in [-0.05, 0) is 19.3 Å². The molecule has 24 heavy (non-hydrogen) atoms. The van der Waals surface area contributed by atoms with Crippen LogP contribution in [0.5, 0.6) is 0 Å². The third kappa shape index (κ3) is 10.9. The number of ether oxygens (including phenoxy) is 1. The Kier molecular flexibility index (Phi) is 14.0. The highest BCUT2D eigenvalue weighted by Crippen LogP contribution is 2.20. The monoisotopic (exact) mass is 452 g/mol. The van der Waals surface area contributed by atoms with Crippen LogP contribution in [0.3, 0.4) is 0 Å². The number of hydrogen-bond acceptors (Lipinski definition) is 3. The number of halogens is 1. The molecule has 0 spiro atoms. The number of amides is 1. The number of carbonyl (C=O) groups is 1. The van der Waals surface area contributed by atoms with Gasteiger partial charge < -0.3 is 20.3 Å². The van der Waals surface area contributed by atoms with E-state index < -0.39 is 0 Å². The summed E-state index contributed by atoms with van der Waals surface area (Å²) in [6.45, 7) is 5.96. The van der Waals surface area contributed by atoms with Gasteiger partial charge in [-0.3, -0.25) is 4.79 Å². The molecule has 0 atom stereocenters. The second-order valence-electron chi connectivity index (χ2n) is 6.03. The smallest absolute Gasteiger partial charge is 0.243 e. The van der Waals surface area contributed by atoms with Gasteiger partial charge in [0.25, 0.3) is 0 Å². The summed E-state index contributed by atoms with van der Waals surface area (Å²) in [6.07, 6.45) is 9.48. The molecule has 0 saturated heterocycles. The minimum absolute atomic E-state index is 0. The van der Waals surface area contributed by atoms with E-state index >= 15 is 0 Å². The van der Waals surface area contributed by atoms with Gasteiger partial charge >= 0.3 is 0 Å². The third-order valence-corrected chi connectivity index (χ3v) is 3.80. The Morgan fingerprint density at radius 3 is 2.62 bits per heavy atom. The van der Waals surface area contributed by atoms with Crippen LogP contribution in [0.15, 0.2) is 17.6 Å². The zero-order valence-electron chi connectivity index (χ0n) is 15.1. The average Bonchev–Trinajstić information content (AvgIpc) is 2.56. The SMILES string of the molecule is C=CCNC(=NCC(=O)N(C)C)NCCCOC1CCCCC1.I. The number of guanidine groups is 1. The van der Waals surface area contributed by atoms with E-state index in [1.54, 1.807) is 20.2 Å². The summed E-state index contributed by atoms with van der Waals surface area (Å²) < 4.78 is 5.90. The standard InChI is InChI=1S/C17H32N4O2.HI/c1-4-11-18-17(20-14-16(22)21(2)3)19-12-8-13-23-15-9-6-5-7-10-15;/h4,15H,1,5-14H2,2-3H3,(H2,18,19,20);1H. The predicted octanol–water partition coefficient (Wildman–Crippen LogP) is 2.15. The lowest BCUT2D eigenvalue weighted by Crippen LogP contribution is -2.39. The summed E-state index contributed by atoms with van der Waals surface area (Å²) in [7, 11) is 3.45. The van der Waals surface area contributed by atoms with Crippen LogP contribution in [0.1, 0.15) is 38.5 Å². The number of rotatable bonds is 9. The third-order valence-electron chi connectivity index (χ3n) is 3.80. The Labute approximate surface area is 163 Å². The molecule has 0 aromatic rings. The molecule has 0 bridgehead atoms. The van der Waals surface area contributed by atoms with Gasteiger partial charge in [-0.1, -0.05) is 25.3 Å². The summed E-state index contributed by atoms with van der Waals surface area (Å²) >= 11 is 0. The fourth-order valence-electron chi connectivity index (χ4n) is 2.39. The summed E-state index contributed by atoms with van der Waals surface area (Å²) in [4.78, 5) is 17.4. The lowest BCUT2D eigenvalue weighted by molar-refractivity contribution is -0.127. The fourth-order valence-corrected chi connectivity index (χ4v) is 2.39. The van der Waals surface area contributed by atoms with Crippen molar-refractivity contribution in [3.8, 4) is 0 Å². The van der Waals surface area contributed by atoms with E-state index in [1.807, 2.05) is 0 Å². The summed E-state index contributed by atoms with van der Waals surface area (Å²) in [5.41, 5.74) is 0. The summed E-state index contributed by atoms with van der Waals surface area (Å²) in [5, 5.41) is 6.34. The molecule has 6 nitrogen and oxygen atoms in total. The Hall–Kier alpha value is -0.830. The summed E-state index contributed by atoms with van der Waals surface area (Å²) in [6, 6.07) is 0. The zero-order valence-corrected chi connectivity index (χ0v) is 17.4. The maximum absolute atomic E-state index is 11.6. The van der Waals surface area contributed by atoms with Crippen LogP contribution < -0.4 is 10.6 Å². The molecule has 0 radical (unpaired) electrons. The first-order valence-electron chi connectivity index (χ1n) is 8.58. The molecular weight excluding hydrogens is 419 g/mol. The Morgan fingerprint density at radius 2 is 2.00 bits per heavy atom. The van der Waals surface area contributed by atoms with Gasteiger partial charge in [0, 0.05) is 33.8 Å². The molecule has 1 aliphatic carbocycles. The van der Waals surface area contributed by atoms with Gasteiger partial charge in [-0.2, -0.15) is 0 Å². The number of likely N-dealkylation sites (N-methyl/N-ethyl adjacent to an activating group) is 1. The summed E-state index contributed by atoms with van der Waals surface area (Å²) in [5.74, 6) is 0.614. The zero-order chi connectivity index (χ0) is 16.9. The van der Waals surface area contributed by atoms with Gasteiger partial charge in [0.05, 0.1) is 6.10 Å². The van der Waals surface area contributed by atoms with Gasteiger partial charge in [-0.25, -0.2) is 4.99 Å². The van der Waals surface area contributed by atoms with Crippen molar-refractivity contribution in [1.82, 2.24) is 15.5 Å². The highest BCUT2D eigenvalue weighted by Gasteiger charge is 2.13. The van der Waals surface area contributed by atoms with Crippen LogP contribution in [-0.2, 0) is 9.53 Å². The van der Waals surface area contributed by atoms with Crippen molar-refractivity contribution in [3.63, 3.8) is 0 Å². The minimum Gasteiger partial charge on any atom is -0.378 e. The van der Waals surface area contributed by atoms with Crippen molar-refractivity contribution in [2.75, 3.05) is 40.3 Å². The van der Waals surface area contributed by atoms with Crippen LogP contribution in [-0.4, -0.2) is 63.2 Å². The van der Waals surface area contributed by atoms with Gasteiger partial charge in [0.15, 0.2) is 5.96 Å². The molecule has 2 N–H and O–H groups in total. The van der Waals surface area contributed by atoms with E-state index in [0.717, 1.165) is 19.6 Å². The average molecular weight is 452 g/mol. The molecule has 0 aliphatic heterocycles. The first-order valence-corrected chi connectivity index (χ1v) is 8.58. The first-order chi connectivity index (χ1) is 11.1. The van der Waals surface area contributed by atoms with Crippen LogP contribution >= 0.6 is 24.0 Å². The molecule has 1 aliphatic rings. The van der Waals surface area contributed by atoms with Crippen molar-refractivity contribution in [1.29, 1.82) is 0 Å². The van der Waals surface area contributed by atoms with Crippen LogP contribution in [0.4, 0.5) is 0 Å². The molecule has 1 saturated carbocycles. The number of hydrogen-bond donors (Lipinski definition) is 2. The van der Waals surface area contributed by atoms with Crippen LogP contribution in [0.25, 0.3) is 0 Å². The molecular formula is C17H33IN4O2. The Morgan fingerprint density at radius 1 is 1.29 bits per heavy atom. The molecule has 1 rings (SSSR count). The molecule has 0 heterocycles. The molecule has 0 aromatic heterocycles. The number of nitrogens with one attached hydrogen (secondary N) is 2. The number of aliphatic imine (C=N–C) groups is 1. The molecule has 0 unspecified atom stereocenters. The quantitative estimate of drug-likeness (QED) is 0.185. The normalized spacial score (nSPS) is 15.3. The molecule has 140 valence electrons. The predicted molar refractivity (Wildman–Crippen MR) is 110 cm³/mol. The van der Waals surface area contributed by atoms with Crippen molar-refractivity contribution in [2.45, 2.75) is 44.6 Å². The van der Waals surface area contributed by atoms with Crippen molar-refractivity contribution in [2.24, 2.45) is 4.99 Å². The van der Waals surface area contributed by atoms with Crippen LogP contribution in [0, 0.1) is 0 Å². The Bertz CT molecular complexity index is 383. The van der Waals surface area contributed by atoms with E-state index in [4.69, 9.17) is 4.74 Å². The van der Waals surface area contributed by atoms with Gasteiger partial charge in [0.1, 0.15) is 6.54 Å². The Balaban J connectivity index is 0.00000529. The lowest BCUT2D eigenvalue weighted by atomic mass is 9.98. The molecule has 1 amide bonds. The second-order valence-corrected chi connectivity index (χ2v) is 6.03. The van der Waals surface area contributed by atoms with Crippen molar-refractivity contribution < 1.29 is 9.53 Å². The van der Waals surface area contributed by atoms with E-state index in [2.05, 4.69) is 22.2 Å². The van der Waals surface area contributed by atoms with E-state index in [9.17, 15) is 4.79 Å². The van der Waals surface area contributed by atoms with Crippen molar-refractivity contribution >= 4 is 35.8 Å². The van der Waals surface area contributed by atoms with E-state index in [0.29, 0.717) is 18.6 Å². The fraction of sp³-hybridized carbons (Fsp3) is 0.765. The van der Waals surface area contributed by atoms with Crippen LogP contribution in [0.2, 0.25) is 0 Å². The molecule has 1 fully saturated rings. The number of carbonyl (C=O) groups excluding carboxylic acids is 1. The lowest BCUT2D eigenvalue weighted by Gasteiger charge is -2.22. The highest BCUT2D eigenvalue weighted by molar-refractivity contribution is 14.0. The molecule has 7 heteroatoms.